The van der Waals surface area contributed by atoms with E-state index in [2.05, 4.69) is 5.32 Å². The quantitative estimate of drug-likeness (QED) is 0.498. The lowest BCUT2D eigenvalue weighted by Gasteiger charge is -2.10. The van der Waals surface area contributed by atoms with E-state index in [-0.39, 0.29) is 18.4 Å². The molecule has 0 aliphatic carbocycles. The Hall–Kier alpha value is -0.740. The normalized spacial score (nSPS) is 34.2. The van der Waals surface area contributed by atoms with E-state index in [1.54, 1.807) is 6.08 Å². The van der Waals surface area contributed by atoms with Crippen LogP contribution in [0.5, 0.6) is 0 Å². The minimum atomic E-state index is -1.57. The third-order valence-corrected chi connectivity index (χ3v) is 2.04. The molecule has 1 saturated heterocycles. The van der Waals surface area contributed by atoms with Gasteiger partial charge in [-0.2, -0.15) is 0 Å². The fraction of sp³-hybridized carbons (Fsp3) is 0.667. The summed E-state index contributed by atoms with van der Waals surface area (Å²) in [5.41, 5.74) is 5.28. The van der Waals surface area contributed by atoms with Crippen molar-refractivity contribution >= 4 is 5.78 Å². The summed E-state index contributed by atoms with van der Waals surface area (Å²) >= 11 is 0. The van der Waals surface area contributed by atoms with Crippen LogP contribution in [-0.4, -0.2) is 24.2 Å². The van der Waals surface area contributed by atoms with Crippen LogP contribution in [0, 0.1) is 0 Å². The van der Waals surface area contributed by atoms with Gasteiger partial charge in [-0.15, -0.1) is 0 Å². The first kappa shape index (κ1) is 10.3. The summed E-state index contributed by atoms with van der Waals surface area (Å²) in [5, 5.41) is 2.96. The standard InChI is InChI=1S/C9H15FN2O/c1-7(13)3-2-4-8-5-9(10,11)6-12-8/h2-3,8,12H,4-6,11H2,1H3/b3-2+. The van der Waals surface area contributed by atoms with Crippen LogP contribution in [0.25, 0.3) is 0 Å². The van der Waals surface area contributed by atoms with Crippen molar-refractivity contribution in [2.24, 2.45) is 5.73 Å². The summed E-state index contributed by atoms with van der Waals surface area (Å²) in [7, 11) is 0. The molecular weight excluding hydrogens is 171 g/mol. The molecule has 1 rings (SSSR count). The second kappa shape index (κ2) is 3.98. The van der Waals surface area contributed by atoms with E-state index >= 15 is 0 Å². The second-order valence-electron chi connectivity index (χ2n) is 3.57. The van der Waals surface area contributed by atoms with Crippen LogP contribution in [0.15, 0.2) is 12.2 Å². The molecule has 3 nitrogen and oxygen atoms in total. The lowest BCUT2D eigenvalue weighted by atomic mass is 10.1. The van der Waals surface area contributed by atoms with Crippen molar-refractivity contribution in [2.45, 2.75) is 31.6 Å². The first-order valence-electron chi connectivity index (χ1n) is 4.38. The summed E-state index contributed by atoms with van der Waals surface area (Å²) in [6.07, 6.45) is 4.22. The van der Waals surface area contributed by atoms with E-state index in [0.29, 0.717) is 12.8 Å². The molecule has 1 fully saturated rings. The molecule has 0 aromatic heterocycles. The van der Waals surface area contributed by atoms with Crippen LogP contribution < -0.4 is 11.1 Å². The Kier molecular flexibility index (Phi) is 3.17. The molecule has 0 spiro atoms. The number of halogens is 1. The van der Waals surface area contributed by atoms with E-state index < -0.39 is 5.79 Å². The number of ketones is 1. The van der Waals surface area contributed by atoms with E-state index in [1.807, 2.05) is 0 Å². The number of hydrogen-bond donors (Lipinski definition) is 2. The lowest BCUT2D eigenvalue weighted by molar-refractivity contribution is -0.112. The highest BCUT2D eigenvalue weighted by atomic mass is 19.1. The molecule has 0 aromatic rings. The average Bonchev–Trinajstić information content (AvgIpc) is 2.29. The van der Waals surface area contributed by atoms with Gasteiger partial charge in [-0.25, -0.2) is 4.39 Å². The van der Waals surface area contributed by atoms with E-state index in [9.17, 15) is 9.18 Å². The van der Waals surface area contributed by atoms with Crippen molar-refractivity contribution in [3.05, 3.63) is 12.2 Å². The van der Waals surface area contributed by atoms with Gasteiger partial charge in [-0.3, -0.25) is 10.5 Å². The maximum Gasteiger partial charge on any atom is 0.173 e. The third kappa shape index (κ3) is 3.65. The summed E-state index contributed by atoms with van der Waals surface area (Å²) in [4.78, 5) is 10.5. The molecule has 1 heterocycles. The number of rotatable bonds is 3. The molecule has 74 valence electrons. The van der Waals surface area contributed by atoms with E-state index in [4.69, 9.17) is 5.73 Å². The molecule has 1 aliphatic rings. The van der Waals surface area contributed by atoms with Crippen LogP contribution in [0.1, 0.15) is 19.8 Å². The molecule has 2 unspecified atom stereocenters. The zero-order valence-corrected chi connectivity index (χ0v) is 7.72. The highest BCUT2D eigenvalue weighted by molar-refractivity contribution is 5.87. The summed E-state index contributed by atoms with van der Waals surface area (Å²) < 4.78 is 13.1. The van der Waals surface area contributed by atoms with Gasteiger partial charge in [0, 0.05) is 19.0 Å². The molecule has 0 amide bonds. The number of hydrogen-bond acceptors (Lipinski definition) is 3. The molecule has 0 aromatic carbocycles. The number of nitrogens with two attached hydrogens (primary N) is 1. The van der Waals surface area contributed by atoms with Gasteiger partial charge in [0.05, 0.1) is 0 Å². The largest absolute Gasteiger partial charge is 0.309 e. The van der Waals surface area contributed by atoms with E-state index in [0.717, 1.165) is 0 Å². The van der Waals surface area contributed by atoms with Gasteiger partial charge in [0.2, 0.25) is 0 Å². The second-order valence-corrected chi connectivity index (χ2v) is 3.57. The van der Waals surface area contributed by atoms with Crippen molar-refractivity contribution < 1.29 is 9.18 Å². The predicted molar refractivity (Wildman–Crippen MR) is 48.9 cm³/mol. The van der Waals surface area contributed by atoms with Crippen molar-refractivity contribution in [1.29, 1.82) is 0 Å². The number of allylic oxidation sites excluding steroid dienone is 1. The molecule has 1 aliphatic heterocycles. The number of nitrogens with one attached hydrogen (secondary N) is 1. The third-order valence-electron chi connectivity index (χ3n) is 2.04. The highest BCUT2D eigenvalue weighted by Crippen LogP contribution is 2.19. The molecule has 2 atom stereocenters. The van der Waals surface area contributed by atoms with Crippen LogP contribution >= 0.6 is 0 Å². The van der Waals surface area contributed by atoms with Crippen molar-refractivity contribution in [1.82, 2.24) is 5.32 Å². The Labute approximate surface area is 77.2 Å². The Bertz CT molecular complexity index is 226. The molecule has 13 heavy (non-hydrogen) atoms. The van der Waals surface area contributed by atoms with Gasteiger partial charge < -0.3 is 5.32 Å². The first-order chi connectivity index (χ1) is 5.99. The molecular formula is C9H15FN2O. The van der Waals surface area contributed by atoms with Crippen LogP contribution in [-0.2, 0) is 4.79 Å². The topological polar surface area (TPSA) is 55.1 Å². The molecule has 0 bridgehead atoms. The minimum Gasteiger partial charge on any atom is -0.309 e. The van der Waals surface area contributed by atoms with Crippen LogP contribution in [0.4, 0.5) is 4.39 Å². The smallest absolute Gasteiger partial charge is 0.173 e. The highest BCUT2D eigenvalue weighted by Gasteiger charge is 2.34. The van der Waals surface area contributed by atoms with E-state index in [1.165, 1.54) is 13.0 Å². The fourth-order valence-corrected chi connectivity index (χ4v) is 1.43. The maximum absolute atomic E-state index is 13.1. The van der Waals surface area contributed by atoms with Crippen molar-refractivity contribution in [3.63, 3.8) is 0 Å². The van der Waals surface area contributed by atoms with Gasteiger partial charge in [-0.05, 0) is 19.4 Å². The monoisotopic (exact) mass is 186 g/mol. The van der Waals surface area contributed by atoms with Gasteiger partial charge in [0.25, 0.3) is 0 Å². The first-order valence-corrected chi connectivity index (χ1v) is 4.38. The van der Waals surface area contributed by atoms with Crippen molar-refractivity contribution in [3.8, 4) is 0 Å². The maximum atomic E-state index is 13.1. The minimum absolute atomic E-state index is 0.0113. The summed E-state index contributed by atoms with van der Waals surface area (Å²) in [6, 6.07) is 0.0607. The SMILES string of the molecule is CC(=O)/C=C/CC1CC(N)(F)CN1. The van der Waals surface area contributed by atoms with Gasteiger partial charge >= 0.3 is 0 Å². The predicted octanol–water partition coefficient (Wildman–Crippen LogP) is 0.508. The zero-order valence-electron chi connectivity index (χ0n) is 7.72. The Morgan fingerprint density at radius 1 is 1.85 bits per heavy atom. The van der Waals surface area contributed by atoms with Crippen LogP contribution in [0.2, 0.25) is 0 Å². The van der Waals surface area contributed by atoms with Crippen molar-refractivity contribution in [2.75, 3.05) is 6.54 Å². The van der Waals surface area contributed by atoms with Gasteiger partial charge in [0.15, 0.2) is 11.6 Å². The Balaban J connectivity index is 2.29. The van der Waals surface area contributed by atoms with Crippen LogP contribution in [0.3, 0.4) is 0 Å². The zero-order chi connectivity index (χ0) is 9.90. The average molecular weight is 186 g/mol. The summed E-state index contributed by atoms with van der Waals surface area (Å²) in [5.74, 6) is -1.56. The number of carbonyl (C=O) groups excluding carboxylic acids is 1. The molecule has 3 N–H and O–H groups in total. The van der Waals surface area contributed by atoms with Gasteiger partial charge in [-0.1, -0.05) is 6.08 Å². The Morgan fingerprint density at radius 2 is 2.54 bits per heavy atom. The Morgan fingerprint density at radius 3 is 3.00 bits per heavy atom. The number of alkyl halides is 1. The van der Waals surface area contributed by atoms with Gasteiger partial charge in [0.1, 0.15) is 0 Å². The molecule has 0 radical (unpaired) electrons. The molecule has 4 heteroatoms. The summed E-state index contributed by atoms with van der Waals surface area (Å²) in [6.45, 7) is 1.69. The number of carbonyl (C=O) groups is 1. The molecule has 0 saturated carbocycles. The fourth-order valence-electron chi connectivity index (χ4n) is 1.43. The lowest BCUT2D eigenvalue weighted by Crippen LogP contribution is -2.36.